The molecule has 1 aromatic heterocycles. The third-order valence-corrected chi connectivity index (χ3v) is 8.30. The van der Waals surface area contributed by atoms with Crippen molar-refractivity contribution in [1.29, 1.82) is 0 Å². The van der Waals surface area contributed by atoms with E-state index in [0.29, 0.717) is 12.5 Å². The Balaban J connectivity index is 0.000000853. The number of amides is 1. The van der Waals surface area contributed by atoms with Gasteiger partial charge in [0.05, 0.1) is 22.3 Å². The number of carbonyl (C=O) groups excluding carboxylic acids is 1. The number of nitrogens with zero attached hydrogens (tertiary/aromatic N) is 2. The molecule has 7 nitrogen and oxygen atoms in total. The number of aryl methyl sites for hydroxylation is 3. The van der Waals surface area contributed by atoms with E-state index in [-0.39, 0.29) is 35.8 Å². The number of hydrogen-bond acceptors (Lipinski definition) is 5. The Morgan fingerprint density at radius 2 is 1.69 bits per heavy atom. The number of benzene rings is 3. The molecule has 2 unspecified atom stereocenters. The molecule has 4 aromatic rings. The van der Waals surface area contributed by atoms with Gasteiger partial charge in [-0.2, -0.15) is 13.2 Å². The van der Waals surface area contributed by atoms with E-state index in [4.69, 9.17) is 9.90 Å². The largest absolute Gasteiger partial charge is 0.483 e. The van der Waals surface area contributed by atoms with E-state index in [1.54, 1.807) is 7.05 Å². The molecule has 0 aliphatic heterocycles. The first-order chi connectivity index (χ1) is 21.3. The second-order valence-corrected chi connectivity index (χ2v) is 11.5. The number of fused-ring (bicyclic) bond motifs is 1. The molecule has 5 rings (SSSR count). The number of rotatable bonds is 4. The number of thiol groups is 1. The lowest BCUT2D eigenvalue weighted by molar-refractivity contribution is -0.137. The van der Waals surface area contributed by atoms with Crippen LogP contribution in [0.3, 0.4) is 0 Å². The summed E-state index contributed by atoms with van der Waals surface area (Å²) in [7, 11) is 3.74. The average molecular weight is 647 g/mol. The molecular weight excluding hydrogens is 608 g/mol. The van der Waals surface area contributed by atoms with Gasteiger partial charge in [-0.1, -0.05) is 50.4 Å². The average Bonchev–Trinajstić information content (AvgIpc) is 3.27. The maximum absolute atomic E-state index is 14.4. The molecule has 1 heterocycles. The first-order valence-electron chi connectivity index (χ1n) is 14.4. The molecule has 1 aliphatic carbocycles. The number of halogens is 4. The van der Waals surface area contributed by atoms with Gasteiger partial charge in [0.2, 0.25) is 5.91 Å². The van der Waals surface area contributed by atoms with E-state index in [9.17, 15) is 22.4 Å². The fourth-order valence-electron chi connectivity index (χ4n) is 5.96. The molecule has 3 aromatic carbocycles. The fourth-order valence-corrected chi connectivity index (χ4v) is 5.96. The highest BCUT2D eigenvalue weighted by molar-refractivity contribution is 7.78. The van der Waals surface area contributed by atoms with E-state index < -0.39 is 17.6 Å². The van der Waals surface area contributed by atoms with Crippen molar-refractivity contribution in [2.24, 2.45) is 18.9 Å². The van der Waals surface area contributed by atoms with Crippen LogP contribution >= 0.6 is 12.8 Å². The van der Waals surface area contributed by atoms with Gasteiger partial charge >= 0.3 is 6.18 Å². The van der Waals surface area contributed by atoms with Crippen LogP contribution in [-0.2, 0) is 22.8 Å². The number of aromatic nitrogens is 2. The summed E-state index contributed by atoms with van der Waals surface area (Å²) in [5.74, 6) is -0.753. The predicted molar refractivity (Wildman–Crippen MR) is 172 cm³/mol. The van der Waals surface area contributed by atoms with Crippen molar-refractivity contribution in [2.75, 3.05) is 12.4 Å². The van der Waals surface area contributed by atoms with Crippen LogP contribution in [0.5, 0.6) is 0 Å². The zero-order valence-corrected chi connectivity index (χ0v) is 26.6. The number of imidazole rings is 1. The molecule has 1 fully saturated rings. The summed E-state index contributed by atoms with van der Waals surface area (Å²) in [6.45, 7) is 5.84. The van der Waals surface area contributed by atoms with Gasteiger partial charge in [0.15, 0.2) is 0 Å². The summed E-state index contributed by atoms with van der Waals surface area (Å²) in [6.07, 6.45) is -2.24. The minimum atomic E-state index is -4.65. The Morgan fingerprint density at radius 3 is 2.29 bits per heavy atom. The quantitative estimate of drug-likeness (QED) is 0.103. The molecule has 1 aliphatic rings. The second-order valence-electron chi connectivity index (χ2n) is 11.0. The van der Waals surface area contributed by atoms with Gasteiger partial charge in [-0.25, -0.2) is 9.37 Å². The standard InChI is InChI=1S/C31H31F4N3O.CH5NS.CH2O2/c1-17-14-20(21-9-13-29-28(15-21)36-19(3)38(29)4)8-11-23(17)24-6-5-7-25(18(24)2)30(39)37-27-12-10-22(16-26(27)32)31(33,34)35;1-2-3;2-1-3/h8-16,18,24-25H,5-7H2,1-4H3,(H,37,39);2-3H,1H3;1H,(H,2,3)/t18-,24?,25?;;/m1../s1. The van der Waals surface area contributed by atoms with Crippen LogP contribution in [0.15, 0.2) is 54.6 Å². The van der Waals surface area contributed by atoms with Crippen molar-refractivity contribution in [3.05, 3.63) is 82.9 Å². The summed E-state index contributed by atoms with van der Waals surface area (Å²) >= 11 is 3.54. The number of hydrogen-bond donors (Lipinski definition) is 4. The summed E-state index contributed by atoms with van der Waals surface area (Å²) < 4.78 is 57.5. The van der Waals surface area contributed by atoms with Gasteiger partial charge in [0.25, 0.3) is 6.47 Å². The van der Waals surface area contributed by atoms with E-state index in [1.165, 1.54) is 5.56 Å². The monoisotopic (exact) mass is 646 g/mol. The lowest BCUT2D eigenvalue weighted by atomic mass is 9.69. The predicted octanol–water partition coefficient (Wildman–Crippen LogP) is 7.92. The zero-order chi connectivity index (χ0) is 33.5. The minimum Gasteiger partial charge on any atom is -0.483 e. The van der Waals surface area contributed by atoms with Crippen molar-refractivity contribution >= 4 is 41.9 Å². The topological polar surface area (TPSA) is 96.3 Å². The Bertz CT molecular complexity index is 1640. The third kappa shape index (κ3) is 8.43. The van der Waals surface area contributed by atoms with Crippen molar-refractivity contribution in [1.82, 2.24) is 14.3 Å². The van der Waals surface area contributed by atoms with Crippen LogP contribution < -0.4 is 10.0 Å². The molecule has 0 saturated heterocycles. The summed E-state index contributed by atoms with van der Waals surface area (Å²) in [5.41, 5.74) is 5.21. The molecule has 3 N–H and O–H groups in total. The van der Waals surface area contributed by atoms with Crippen LogP contribution in [0.1, 0.15) is 54.6 Å². The van der Waals surface area contributed by atoms with Crippen molar-refractivity contribution in [2.45, 2.75) is 52.1 Å². The van der Waals surface area contributed by atoms with E-state index in [0.717, 1.165) is 58.5 Å². The number of anilines is 1. The van der Waals surface area contributed by atoms with Gasteiger partial charge in [-0.3, -0.25) is 14.3 Å². The Kier molecular flexibility index (Phi) is 12.2. The highest BCUT2D eigenvalue weighted by Gasteiger charge is 2.36. The SMILES string of the molecule is CNS.Cc1cc(-c2ccc3c(c2)nc(C)n3C)ccc1C1CCCC(C(=O)Nc2ccc(C(F)(F)F)cc2F)[C@@H]1C.O=CO. The molecule has 3 atom stereocenters. The van der Waals surface area contributed by atoms with Gasteiger partial charge in [0.1, 0.15) is 11.6 Å². The van der Waals surface area contributed by atoms with Crippen LogP contribution in [-0.4, -0.2) is 34.1 Å². The molecule has 12 heteroatoms. The highest BCUT2D eigenvalue weighted by atomic mass is 32.1. The maximum atomic E-state index is 14.4. The Labute approximate surface area is 265 Å². The molecule has 1 amide bonds. The third-order valence-electron chi connectivity index (χ3n) is 8.30. The number of carboxylic acid groups (broad SMARTS) is 1. The van der Waals surface area contributed by atoms with Crippen LogP contribution in [0, 0.1) is 31.5 Å². The summed E-state index contributed by atoms with van der Waals surface area (Å²) in [6, 6.07) is 14.9. The van der Waals surface area contributed by atoms with Crippen LogP contribution in [0.25, 0.3) is 22.2 Å². The molecule has 0 spiro atoms. The van der Waals surface area contributed by atoms with Crippen molar-refractivity contribution in [3.8, 4) is 11.1 Å². The lowest BCUT2D eigenvalue weighted by Crippen LogP contribution is -2.34. The van der Waals surface area contributed by atoms with Gasteiger partial charge in [-0.15, -0.1) is 0 Å². The molecule has 242 valence electrons. The normalized spacial score (nSPS) is 17.9. The number of carbonyl (C=O) groups is 2. The molecular formula is C33H38F4N4O3S. The first kappa shape index (κ1) is 35.6. The molecule has 0 bridgehead atoms. The van der Waals surface area contributed by atoms with Gasteiger partial charge in [0, 0.05) is 13.0 Å². The molecule has 0 radical (unpaired) electrons. The fraction of sp³-hybridized carbons (Fsp3) is 0.364. The van der Waals surface area contributed by atoms with E-state index >= 15 is 0 Å². The first-order valence-corrected chi connectivity index (χ1v) is 14.8. The van der Waals surface area contributed by atoms with Crippen LogP contribution in [0.2, 0.25) is 0 Å². The maximum Gasteiger partial charge on any atom is 0.416 e. The van der Waals surface area contributed by atoms with Crippen molar-refractivity contribution in [3.63, 3.8) is 0 Å². The minimum absolute atomic E-state index is 0.0198. The Hall–Kier alpha value is -3.90. The van der Waals surface area contributed by atoms with Crippen molar-refractivity contribution < 1.29 is 32.3 Å². The molecule has 1 saturated carbocycles. The lowest BCUT2D eigenvalue weighted by Gasteiger charge is -2.36. The zero-order valence-electron chi connectivity index (χ0n) is 25.7. The Morgan fingerprint density at radius 1 is 1.07 bits per heavy atom. The van der Waals surface area contributed by atoms with Gasteiger partial charge in [-0.05, 0) is 98.2 Å². The van der Waals surface area contributed by atoms with Crippen LogP contribution in [0.4, 0.5) is 23.2 Å². The van der Waals surface area contributed by atoms with Gasteiger partial charge < -0.3 is 15.0 Å². The van der Waals surface area contributed by atoms with E-state index in [2.05, 4.69) is 75.7 Å². The smallest absolute Gasteiger partial charge is 0.416 e. The number of alkyl halides is 3. The second kappa shape index (κ2) is 15.4. The molecule has 45 heavy (non-hydrogen) atoms. The highest BCUT2D eigenvalue weighted by Crippen LogP contribution is 2.43. The summed E-state index contributed by atoms with van der Waals surface area (Å²) in [5, 5.41) is 9.43. The van der Waals surface area contributed by atoms with E-state index in [1.807, 2.05) is 20.9 Å². The number of nitrogens with one attached hydrogen (secondary N) is 2. The summed E-state index contributed by atoms with van der Waals surface area (Å²) in [4.78, 5) is 26.1.